The minimum Gasteiger partial charge on any atom is -0.326 e. The van der Waals surface area contributed by atoms with Crippen LogP contribution in [0.3, 0.4) is 0 Å². The first-order valence-electron chi connectivity index (χ1n) is 5.91. The highest BCUT2D eigenvalue weighted by Crippen LogP contribution is 2.25. The van der Waals surface area contributed by atoms with Gasteiger partial charge in [0.1, 0.15) is 0 Å². The largest absolute Gasteiger partial charge is 0.326 e. The second-order valence-corrected chi connectivity index (χ2v) is 4.91. The third kappa shape index (κ3) is 3.63. The molecule has 0 radical (unpaired) electrons. The van der Waals surface area contributed by atoms with Gasteiger partial charge in [-0.3, -0.25) is 0 Å². The van der Waals surface area contributed by atoms with Gasteiger partial charge in [-0.25, -0.2) is 4.79 Å². The fourth-order valence-corrected chi connectivity index (χ4v) is 2.03. The van der Waals surface area contributed by atoms with Crippen molar-refractivity contribution in [2.45, 2.75) is 6.54 Å². The summed E-state index contributed by atoms with van der Waals surface area (Å²) in [5, 5.41) is 6.27. The Kier molecular flexibility index (Phi) is 4.84. The molecule has 0 spiro atoms. The number of para-hydroxylation sites is 1. The second-order valence-electron chi connectivity index (χ2n) is 4.06. The molecule has 20 heavy (non-hydrogen) atoms. The van der Waals surface area contributed by atoms with E-state index in [1.165, 1.54) is 0 Å². The van der Waals surface area contributed by atoms with Crippen LogP contribution in [0.1, 0.15) is 5.56 Å². The van der Waals surface area contributed by atoms with Crippen molar-refractivity contribution in [2.75, 3.05) is 10.6 Å². The van der Waals surface area contributed by atoms with Crippen LogP contribution in [-0.4, -0.2) is 6.03 Å². The predicted molar refractivity (Wildman–Crippen MR) is 83.4 cm³/mol. The second kappa shape index (κ2) is 6.61. The fourth-order valence-electron chi connectivity index (χ4n) is 1.69. The van der Waals surface area contributed by atoms with E-state index in [1.54, 1.807) is 24.3 Å². The highest BCUT2D eigenvalue weighted by atomic mass is 35.5. The maximum absolute atomic E-state index is 11.9. The molecular weight excluding hydrogens is 297 g/mol. The van der Waals surface area contributed by atoms with Crippen molar-refractivity contribution in [1.82, 2.24) is 0 Å². The van der Waals surface area contributed by atoms with E-state index in [4.69, 9.17) is 28.9 Å². The van der Waals surface area contributed by atoms with Crippen molar-refractivity contribution in [3.8, 4) is 0 Å². The van der Waals surface area contributed by atoms with Gasteiger partial charge in [0.25, 0.3) is 0 Å². The molecule has 0 aliphatic heterocycles. The van der Waals surface area contributed by atoms with E-state index in [1.807, 2.05) is 18.2 Å². The van der Waals surface area contributed by atoms with E-state index in [-0.39, 0.29) is 0 Å². The number of hydrogen-bond acceptors (Lipinski definition) is 2. The third-order valence-electron chi connectivity index (χ3n) is 2.66. The van der Waals surface area contributed by atoms with Crippen LogP contribution in [0.2, 0.25) is 10.0 Å². The smallest absolute Gasteiger partial charge is 0.323 e. The minimum atomic E-state index is -0.407. The molecule has 0 saturated heterocycles. The molecule has 104 valence electrons. The zero-order chi connectivity index (χ0) is 14.5. The number of rotatable bonds is 3. The maximum atomic E-state index is 11.9. The topological polar surface area (TPSA) is 67.1 Å². The molecule has 2 rings (SSSR count). The van der Waals surface area contributed by atoms with Crippen molar-refractivity contribution in [3.05, 3.63) is 58.1 Å². The molecular formula is C14H13Cl2N3O. The molecule has 0 aliphatic rings. The van der Waals surface area contributed by atoms with Crippen molar-refractivity contribution in [3.63, 3.8) is 0 Å². The molecule has 0 aromatic heterocycles. The van der Waals surface area contributed by atoms with Crippen LogP contribution in [0.5, 0.6) is 0 Å². The first-order chi connectivity index (χ1) is 9.60. The van der Waals surface area contributed by atoms with Gasteiger partial charge < -0.3 is 16.4 Å². The molecule has 0 atom stereocenters. The Morgan fingerprint density at radius 2 is 1.75 bits per heavy atom. The monoisotopic (exact) mass is 309 g/mol. The summed E-state index contributed by atoms with van der Waals surface area (Å²) in [4.78, 5) is 11.9. The third-order valence-corrected chi connectivity index (χ3v) is 3.23. The van der Waals surface area contributed by atoms with Gasteiger partial charge in [0.15, 0.2) is 0 Å². The van der Waals surface area contributed by atoms with E-state index in [2.05, 4.69) is 10.6 Å². The summed E-state index contributed by atoms with van der Waals surface area (Å²) in [6.07, 6.45) is 0. The molecule has 2 amide bonds. The summed E-state index contributed by atoms with van der Waals surface area (Å²) in [6.45, 7) is 0.342. The molecule has 0 unspecified atom stereocenters. The van der Waals surface area contributed by atoms with E-state index >= 15 is 0 Å². The molecule has 6 heteroatoms. The minimum absolute atomic E-state index is 0.342. The Balaban J connectivity index is 2.11. The van der Waals surface area contributed by atoms with Crippen molar-refractivity contribution < 1.29 is 4.79 Å². The first kappa shape index (κ1) is 14.7. The summed E-state index contributed by atoms with van der Waals surface area (Å²) in [7, 11) is 0. The van der Waals surface area contributed by atoms with Crippen LogP contribution in [0, 0.1) is 0 Å². The zero-order valence-electron chi connectivity index (χ0n) is 10.5. The number of carbonyl (C=O) groups excluding carboxylic acids is 1. The lowest BCUT2D eigenvalue weighted by Gasteiger charge is -2.11. The van der Waals surface area contributed by atoms with E-state index in [0.29, 0.717) is 28.0 Å². The number of nitrogens with one attached hydrogen (secondary N) is 2. The number of urea groups is 1. The van der Waals surface area contributed by atoms with Crippen LogP contribution in [-0.2, 0) is 6.54 Å². The highest BCUT2D eigenvalue weighted by molar-refractivity contribution is 6.35. The maximum Gasteiger partial charge on any atom is 0.323 e. The molecule has 2 aromatic carbocycles. The average molecular weight is 310 g/mol. The number of anilines is 2. The Hall–Kier alpha value is -1.75. The van der Waals surface area contributed by atoms with Crippen molar-refractivity contribution in [2.24, 2.45) is 5.73 Å². The molecule has 4 nitrogen and oxygen atoms in total. The predicted octanol–water partition coefficient (Wildman–Crippen LogP) is 4.10. The molecule has 4 N–H and O–H groups in total. The Morgan fingerprint density at radius 3 is 2.50 bits per heavy atom. The van der Waals surface area contributed by atoms with E-state index in [9.17, 15) is 4.79 Å². The Morgan fingerprint density at radius 1 is 1.05 bits per heavy atom. The number of hydrogen-bond donors (Lipinski definition) is 3. The first-order valence-corrected chi connectivity index (χ1v) is 6.67. The molecule has 0 bridgehead atoms. The van der Waals surface area contributed by atoms with Gasteiger partial charge in [-0.1, -0.05) is 41.4 Å². The standard InChI is InChI=1S/C14H13Cl2N3O/c15-10-5-6-11(16)13(7-10)19-14(20)18-12-4-2-1-3-9(12)8-17/h1-7H,8,17H2,(H2,18,19,20). The van der Waals surface area contributed by atoms with Gasteiger partial charge in [0.05, 0.1) is 10.7 Å². The number of benzene rings is 2. The van der Waals surface area contributed by atoms with Crippen LogP contribution < -0.4 is 16.4 Å². The van der Waals surface area contributed by atoms with Gasteiger partial charge in [-0.05, 0) is 29.8 Å². The van der Waals surface area contributed by atoms with Gasteiger partial charge in [-0.15, -0.1) is 0 Å². The molecule has 0 fully saturated rings. The molecule has 0 aliphatic carbocycles. The van der Waals surface area contributed by atoms with Gasteiger partial charge >= 0.3 is 6.03 Å². The van der Waals surface area contributed by atoms with Crippen LogP contribution in [0.25, 0.3) is 0 Å². The summed E-state index contributed by atoms with van der Waals surface area (Å²) >= 11 is 11.8. The summed E-state index contributed by atoms with van der Waals surface area (Å²) < 4.78 is 0. The van der Waals surface area contributed by atoms with Crippen LogP contribution in [0.4, 0.5) is 16.2 Å². The Bertz CT molecular complexity index is 632. The van der Waals surface area contributed by atoms with Gasteiger partial charge in [0, 0.05) is 17.3 Å². The summed E-state index contributed by atoms with van der Waals surface area (Å²) in [5.41, 5.74) is 7.56. The lowest BCUT2D eigenvalue weighted by atomic mass is 10.2. The number of amides is 2. The van der Waals surface area contributed by atoms with Gasteiger partial charge in [-0.2, -0.15) is 0 Å². The fraction of sp³-hybridized carbons (Fsp3) is 0.0714. The van der Waals surface area contributed by atoms with E-state index in [0.717, 1.165) is 5.56 Å². The number of carbonyl (C=O) groups is 1. The Labute approximate surface area is 126 Å². The number of halogens is 2. The zero-order valence-corrected chi connectivity index (χ0v) is 12.0. The van der Waals surface area contributed by atoms with Crippen molar-refractivity contribution in [1.29, 1.82) is 0 Å². The lowest BCUT2D eigenvalue weighted by Crippen LogP contribution is -2.20. The van der Waals surface area contributed by atoms with Crippen LogP contribution in [0.15, 0.2) is 42.5 Å². The van der Waals surface area contributed by atoms with E-state index < -0.39 is 6.03 Å². The highest BCUT2D eigenvalue weighted by Gasteiger charge is 2.08. The number of nitrogens with two attached hydrogens (primary N) is 1. The van der Waals surface area contributed by atoms with Gasteiger partial charge in [0.2, 0.25) is 0 Å². The lowest BCUT2D eigenvalue weighted by molar-refractivity contribution is 0.262. The normalized spacial score (nSPS) is 10.2. The summed E-state index contributed by atoms with van der Waals surface area (Å²) in [6, 6.07) is 11.8. The molecule has 0 saturated carbocycles. The molecule has 0 heterocycles. The van der Waals surface area contributed by atoms with Crippen LogP contribution >= 0.6 is 23.2 Å². The van der Waals surface area contributed by atoms with Crippen molar-refractivity contribution >= 4 is 40.6 Å². The summed E-state index contributed by atoms with van der Waals surface area (Å²) in [5.74, 6) is 0. The average Bonchev–Trinajstić information content (AvgIpc) is 2.43. The molecule has 2 aromatic rings. The SMILES string of the molecule is NCc1ccccc1NC(=O)Nc1cc(Cl)ccc1Cl. The quantitative estimate of drug-likeness (QED) is 0.799.